The molecule has 1 aromatic rings. The van der Waals surface area contributed by atoms with Gasteiger partial charge in [-0.25, -0.2) is 0 Å². The average Bonchev–Trinajstić information content (AvgIpc) is 2.29. The third-order valence-electron chi connectivity index (χ3n) is 3.17. The summed E-state index contributed by atoms with van der Waals surface area (Å²) in [6.45, 7) is 11.1. The lowest BCUT2D eigenvalue weighted by atomic mass is 9.99. The predicted molar refractivity (Wildman–Crippen MR) is 84.0 cm³/mol. The second kappa shape index (κ2) is 6.89. The van der Waals surface area contributed by atoms with Crippen molar-refractivity contribution in [2.24, 2.45) is 5.92 Å². The molecule has 18 heavy (non-hydrogen) atoms. The first-order valence-electron chi connectivity index (χ1n) is 6.79. The summed E-state index contributed by atoms with van der Waals surface area (Å²) < 4.78 is 0. The Kier molecular flexibility index (Phi) is 5.80. The minimum atomic E-state index is 0.409. The number of nitrogens with zero attached hydrogens (tertiary/aromatic N) is 1. The van der Waals surface area contributed by atoms with E-state index in [9.17, 15) is 0 Å². The van der Waals surface area contributed by atoms with Crippen LogP contribution in [0.4, 0.5) is 0 Å². The van der Waals surface area contributed by atoms with Crippen LogP contribution in [0.15, 0.2) is 30.3 Å². The minimum Gasteiger partial charge on any atom is -0.361 e. The van der Waals surface area contributed by atoms with E-state index in [0.29, 0.717) is 18.0 Å². The Balaban J connectivity index is 2.71. The molecule has 0 fully saturated rings. The van der Waals surface area contributed by atoms with Crippen molar-refractivity contribution in [3.8, 4) is 0 Å². The molecular formula is C16H25NS. The van der Waals surface area contributed by atoms with Crippen LogP contribution >= 0.6 is 12.2 Å². The minimum absolute atomic E-state index is 0.409. The van der Waals surface area contributed by atoms with Crippen molar-refractivity contribution in [1.29, 1.82) is 0 Å². The fraction of sp³-hybridized carbons (Fsp3) is 0.562. The SMILES string of the molecule is CC(C)N(C(=S)[C@@H](C)Cc1ccccc1)C(C)C. The molecule has 0 unspecified atom stereocenters. The summed E-state index contributed by atoms with van der Waals surface area (Å²) in [5.74, 6) is 0.409. The Morgan fingerprint density at radius 1 is 1.00 bits per heavy atom. The van der Waals surface area contributed by atoms with E-state index in [0.717, 1.165) is 11.4 Å². The fourth-order valence-corrected chi connectivity index (χ4v) is 2.92. The average molecular weight is 263 g/mol. The zero-order valence-electron chi connectivity index (χ0n) is 12.2. The Hall–Kier alpha value is -0.890. The number of thiocarbonyl (C=S) groups is 1. The van der Waals surface area contributed by atoms with E-state index >= 15 is 0 Å². The molecule has 1 nitrogen and oxygen atoms in total. The van der Waals surface area contributed by atoms with E-state index in [1.165, 1.54) is 5.56 Å². The third-order valence-corrected chi connectivity index (χ3v) is 3.79. The summed E-state index contributed by atoms with van der Waals surface area (Å²) in [6.07, 6.45) is 1.02. The molecule has 0 spiro atoms. The van der Waals surface area contributed by atoms with Crippen LogP contribution in [0.2, 0.25) is 0 Å². The van der Waals surface area contributed by atoms with Crippen LogP contribution in [0, 0.1) is 5.92 Å². The van der Waals surface area contributed by atoms with Crippen LogP contribution in [-0.4, -0.2) is 22.0 Å². The Labute approximate surface area is 117 Å². The highest BCUT2D eigenvalue weighted by Crippen LogP contribution is 2.17. The highest BCUT2D eigenvalue weighted by molar-refractivity contribution is 7.80. The summed E-state index contributed by atoms with van der Waals surface area (Å²) in [7, 11) is 0. The van der Waals surface area contributed by atoms with Crippen molar-refractivity contribution in [2.45, 2.75) is 53.1 Å². The van der Waals surface area contributed by atoms with Gasteiger partial charge in [0.1, 0.15) is 0 Å². The summed E-state index contributed by atoms with van der Waals surface area (Å²) in [6, 6.07) is 11.5. The number of rotatable bonds is 5. The summed E-state index contributed by atoms with van der Waals surface area (Å²) in [5.41, 5.74) is 1.36. The molecule has 0 N–H and O–H groups in total. The number of hydrogen-bond donors (Lipinski definition) is 0. The van der Waals surface area contributed by atoms with Gasteiger partial charge in [-0.1, -0.05) is 49.5 Å². The van der Waals surface area contributed by atoms with Crippen molar-refractivity contribution in [3.63, 3.8) is 0 Å². The molecule has 1 aromatic carbocycles. The molecule has 0 saturated heterocycles. The second-order valence-electron chi connectivity index (χ2n) is 5.52. The summed E-state index contributed by atoms with van der Waals surface area (Å²) >= 11 is 5.68. The van der Waals surface area contributed by atoms with Gasteiger partial charge in [0.15, 0.2) is 0 Å². The van der Waals surface area contributed by atoms with Gasteiger partial charge in [0.25, 0.3) is 0 Å². The van der Waals surface area contributed by atoms with Crippen molar-refractivity contribution in [1.82, 2.24) is 4.90 Å². The first-order valence-corrected chi connectivity index (χ1v) is 7.20. The van der Waals surface area contributed by atoms with Gasteiger partial charge >= 0.3 is 0 Å². The first kappa shape index (κ1) is 15.2. The maximum Gasteiger partial charge on any atom is 0.0815 e. The second-order valence-corrected chi connectivity index (χ2v) is 5.94. The normalized spacial score (nSPS) is 12.8. The molecule has 0 aromatic heterocycles. The lowest BCUT2D eigenvalue weighted by Gasteiger charge is -2.36. The molecule has 1 rings (SSSR count). The number of hydrogen-bond acceptors (Lipinski definition) is 1. The monoisotopic (exact) mass is 263 g/mol. The van der Waals surface area contributed by atoms with Gasteiger partial charge in [0, 0.05) is 18.0 Å². The van der Waals surface area contributed by atoms with Gasteiger partial charge in [-0.2, -0.15) is 0 Å². The van der Waals surface area contributed by atoms with Crippen molar-refractivity contribution < 1.29 is 0 Å². The maximum absolute atomic E-state index is 5.68. The lowest BCUT2D eigenvalue weighted by molar-refractivity contribution is 0.284. The molecule has 0 aliphatic rings. The Bertz CT molecular complexity index is 362. The van der Waals surface area contributed by atoms with Crippen molar-refractivity contribution in [3.05, 3.63) is 35.9 Å². The van der Waals surface area contributed by atoms with E-state index in [4.69, 9.17) is 12.2 Å². The molecule has 0 saturated carbocycles. The topological polar surface area (TPSA) is 3.24 Å². The molecule has 2 heteroatoms. The van der Waals surface area contributed by atoms with Gasteiger partial charge in [-0.15, -0.1) is 0 Å². The summed E-state index contributed by atoms with van der Waals surface area (Å²) in [5, 5.41) is 0. The largest absolute Gasteiger partial charge is 0.361 e. The quantitative estimate of drug-likeness (QED) is 0.728. The van der Waals surface area contributed by atoms with E-state index in [1.807, 2.05) is 0 Å². The Morgan fingerprint density at radius 2 is 1.50 bits per heavy atom. The number of benzene rings is 1. The molecule has 0 heterocycles. The highest BCUT2D eigenvalue weighted by Gasteiger charge is 2.21. The van der Waals surface area contributed by atoms with E-state index in [2.05, 4.69) is 69.9 Å². The highest BCUT2D eigenvalue weighted by atomic mass is 32.1. The third kappa shape index (κ3) is 4.09. The first-order chi connectivity index (χ1) is 8.43. The van der Waals surface area contributed by atoms with Gasteiger partial charge in [-0.3, -0.25) is 0 Å². The fourth-order valence-electron chi connectivity index (χ4n) is 2.41. The smallest absolute Gasteiger partial charge is 0.0815 e. The zero-order chi connectivity index (χ0) is 13.7. The van der Waals surface area contributed by atoms with Crippen LogP contribution in [-0.2, 0) is 6.42 Å². The van der Waals surface area contributed by atoms with Crippen molar-refractivity contribution in [2.75, 3.05) is 0 Å². The molecule has 1 atom stereocenters. The predicted octanol–water partition coefficient (Wildman–Crippen LogP) is 4.31. The molecule has 0 amide bonds. The van der Waals surface area contributed by atoms with E-state index in [1.54, 1.807) is 0 Å². The van der Waals surface area contributed by atoms with Gasteiger partial charge in [-0.05, 0) is 39.7 Å². The molecule has 100 valence electrons. The van der Waals surface area contributed by atoms with Gasteiger partial charge in [0.2, 0.25) is 0 Å². The Morgan fingerprint density at radius 3 is 1.94 bits per heavy atom. The van der Waals surface area contributed by atoms with Crippen LogP contribution in [0.5, 0.6) is 0 Å². The zero-order valence-corrected chi connectivity index (χ0v) is 13.0. The molecule has 0 radical (unpaired) electrons. The van der Waals surface area contributed by atoms with Crippen LogP contribution < -0.4 is 0 Å². The standard InChI is InChI=1S/C16H25NS/c1-12(2)17(13(3)4)16(18)14(5)11-15-9-7-6-8-10-15/h6-10,12-14H,11H2,1-5H3/t14-/m0/s1. The van der Waals surface area contributed by atoms with E-state index in [-0.39, 0.29) is 0 Å². The van der Waals surface area contributed by atoms with Gasteiger partial charge in [0.05, 0.1) is 4.99 Å². The molecule has 0 aliphatic heterocycles. The molecule has 0 aliphatic carbocycles. The van der Waals surface area contributed by atoms with Crippen LogP contribution in [0.3, 0.4) is 0 Å². The maximum atomic E-state index is 5.68. The van der Waals surface area contributed by atoms with Crippen molar-refractivity contribution >= 4 is 17.2 Å². The lowest BCUT2D eigenvalue weighted by Crippen LogP contribution is -2.44. The van der Waals surface area contributed by atoms with Gasteiger partial charge < -0.3 is 4.90 Å². The van der Waals surface area contributed by atoms with E-state index < -0.39 is 0 Å². The molecular weight excluding hydrogens is 238 g/mol. The van der Waals surface area contributed by atoms with Crippen LogP contribution in [0.25, 0.3) is 0 Å². The molecule has 0 bridgehead atoms. The van der Waals surface area contributed by atoms with Crippen LogP contribution in [0.1, 0.15) is 40.2 Å². The summed E-state index contributed by atoms with van der Waals surface area (Å²) in [4.78, 5) is 3.44.